The molecule has 6 heteroatoms. The topological polar surface area (TPSA) is 88.4 Å². The Kier molecular flexibility index (Phi) is 5.18. The molecule has 2 N–H and O–H groups in total. The lowest BCUT2D eigenvalue weighted by Gasteiger charge is -2.09. The first-order valence-electron chi connectivity index (χ1n) is 8.21. The Labute approximate surface area is 145 Å². The Balaban J connectivity index is 1.56. The molecule has 0 saturated heterocycles. The average Bonchev–Trinajstić information content (AvgIpc) is 2.94. The van der Waals surface area contributed by atoms with Gasteiger partial charge in [0.25, 0.3) is 0 Å². The summed E-state index contributed by atoms with van der Waals surface area (Å²) in [5.74, 6) is 0.0965. The molecular formula is C19H20N2O4. The first-order chi connectivity index (χ1) is 12.2. The quantitative estimate of drug-likeness (QED) is 0.690. The Morgan fingerprint density at radius 2 is 2.04 bits per heavy atom. The summed E-state index contributed by atoms with van der Waals surface area (Å²) in [6, 6.07) is 11.5. The number of nitrogens with zero attached hydrogens (tertiary/aromatic N) is 1. The molecule has 2 aromatic heterocycles. The highest BCUT2D eigenvalue weighted by atomic mass is 16.5. The number of nitrogens with one attached hydrogen (secondary N) is 1. The SMILES string of the molecule is CCc1cccnc1CCOc1ccc(Cc2oc(=O)[nH]c2O)cc1. The highest BCUT2D eigenvalue weighted by molar-refractivity contribution is 5.31. The standard InChI is InChI=1S/C19H20N2O4/c1-2-14-4-3-10-20-16(14)9-11-24-15-7-5-13(6-8-15)12-17-18(22)21-19(23)25-17/h3-8,10,22H,2,9,11-12H2,1H3,(H,21,23). The van der Waals surface area contributed by atoms with E-state index >= 15 is 0 Å². The normalized spacial score (nSPS) is 10.8. The first kappa shape index (κ1) is 16.8. The van der Waals surface area contributed by atoms with Gasteiger partial charge in [0.15, 0.2) is 5.76 Å². The van der Waals surface area contributed by atoms with Crippen molar-refractivity contribution in [1.29, 1.82) is 0 Å². The van der Waals surface area contributed by atoms with E-state index in [1.165, 1.54) is 5.56 Å². The maximum Gasteiger partial charge on any atom is 0.419 e. The van der Waals surface area contributed by atoms with Crippen LogP contribution in [-0.4, -0.2) is 21.7 Å². The third-order valence-corrected chi connectivity index (χ3v) is 3.96. The van der Waals surface area contributed by atoms with Crippen molar-refractivity contribution < 1.29 is 14.3 Å². The fraction of sp³-hybridized carbons (Fsp3) is 0.263. The number of aromatic amines is 1. The van der Waals surface area contributed by atoms with E-state index in [4.69, 9.17) is 9.15 Å². The molecule has 0 spiro atoms. The smallest absolute Gasteiger partial charge is 0.419 e. The number of rotatable bonds is 7. The number of oxazole rings is 1. The molecule has 0 amide bonds. The Morgan fingerprint density at radius 3 is 2.72 bits per heavy atom. The summed E-state index contributed by atoms with van der Waals surface area (Å²) < 4.78 is 10.7. The van der Waals surface area contributed by atoms with Crippen LogP contribution in [0.15, 0.2) is 51.8 Å². The molecular weight excluding hydrogens is 320 g/mol. The van der Waals surface area contributed by atoms with E-state index in [1.54, 1.807) is 6.20 Å². The van der Waals surface area contributed by atoms with Crippen molar-refractivity contribution in [3.63, 3.8) is 0 Å². The van der Waals surface area contributed by atoms with Gasteiger partial charge in [-0.15, -0.1) is 0 Å². The second kappa shape index (κ2) is 7.70. The largest absolute Gasteiger partial charge is 0.493 e. The zero-order valence-electron chi connectivity index (χ0n) is 14.0. The van der Waals surface area contributed by atoms with Crippen molar-refractivity contribution in [1.82, 2.24) is 9.97 Å². The van der Waals surface area contributed by atoms with Gasteiger partial charge < -0.3 is 14.3 Å². The number of aromatic hydroxyl groups is 1. The molecule has 0 fully saturated rings. The lowest BCUT2D eigenvalue weighted by Crippen LogP contribution is -2.05. The van der Waals surface area contributed by atoms with Gasteiger partial charge in [-0.1, -0.05) is 25.1 Å². The molecule has 0 atom stereocenters. The highest BCUT2D eigenvalue weighted by Gasteiger charge is 2.09. The number of hydrogen-bond acceptors (Lipinski definition) is 5. The molecule has 25 heavy (non-hydrogen) atoms. The van der Waals surface area contributed by atoms with Crippen LogP contribution in [0.3, 0.4) is 0 Å². The van der Waals surface area contributed by atoms with E-state index in [0.717, 1.165) is 29.8 Å². The third kappa shape index (κ3) is 4.29. The van der Waals surface area contributed by atoms with Crippen molar-refractivity contribution in [3.8, 4) is 11.6 Å². The van der Waals surface area contributed by atoms with Crippen molar-refractivity contribution in [2.24, 2.45) is 0 Å². The molecule has 2 heterocycles. The van der Waals surface area contributed by atoms with Gasteiger partial charge in [-0.2, -0.15) is 0 Å². The second-order valence-corrected chi connectivity index (χ2v) is 5.67. The van der Waals surface area contributed by atoms with Gasteiger partial charge in [-0.05, 0) is 35.7 Å². The minimum atomic E-state index is -0.659. The maximum atomic E-state index is 11.0. The summed E-state index contributed by atoms with van der Waals surface area (Å²) in [6.07, 6.45) is 3.85. The number of ether oxygens (including phenoxy) is 1. The third-order valence-electron chi connectivity index (χ3n) is 3.96. The van der Waals surface area contributed by atoms with E-state index in [9.17, 15) is 9.90 Å². The predicted molar refractivity (Wildman–Crippen MR) is 93.1 cm³/mol. The van der Waals surface area contributed by atoms with Crippen LogP contribution < -0.4 is 10.5 Å². The van der Waals surface area contributed by atoms with E-state index < -0.39 is 5.76 Å². The Bertz CT molecular complexity index is 881. The van der Waals surface area contributed by atoms with E-state index in [0.29, 0.717) is 13.0 Å². The molecule has 0 aliphatic rings. The number of benzene rings is 1. The molecule has 0 aliphatic heterocycles. The second-order valence-electron chi connectivity index (χ2n) is 5.67. The van der Waals surface area contributed by atoms with Crippen molar-refractivity contribution in [2.75, 3.05) is 6.61 Å². The predicted octanol–water partition coefficient (Wildman–Crippen LogP) is 2.84. The van der Waals surface area contributed by atoms with Crippen LogP contribution in [0.1, 0.15) is 29.5 Å². The number of aryl methyl sites for hydroxylation is 1. The van der Waals surface area contributed by atoms with Crippen LogP contribution in [0.4, 0.5) is 0 Å². The van der Waals surface area contributed by atoms with Crippen LogP contribution in [0.25, 0.3) is 0 Å². The van der Waals surface area contributed by atoms with Crippen molar-refractivity contribution in [2.45, 2.75) is 26.2 Å². The van der Waals surface area contributed by atoms with Gasteiger partial charge in [0.05, 0.1) is 6.61 Å². The molecule has 3 aromatic rings. The molecule has 3 rings (SSSR count). The number of pyridine rings is 1. The van der Waals surface area contributed by atoms with Crippen LogP contribution in [-0.2, 0) is 19.3 Å². The zero-order chi connectivity index (χ0) is 17.6. The fourth-order valence-electron chi connectivity index (χ4n) is 2.64. The summed E-state index contributed by atoms with van der Waals surface area (Å²) in [5, 5.41) is 9.53. The molecule has 130 valence electrons. The molecule has 0 aliphatic carbocycles. The summed E-state index contributed by atoms with van der Waals surface area (Å²) in [6.45, 7) is 2.67. The number of H-pyrrole nitrogens is 1. The molecule has 0 bridgehead atoms. The summed E-state index contributed by atoms with van der Waals surface area (Å²) >= 11 is 0. The van der Waals surface area contributed by atoms with Crippen LogP contribution in [0, 0.1) is 0 Å². The van der Waals surface area contributed by atoms with Crippen LogP contribution in [0.2, 0.25) is 0 Å². The van der Waals surface area contributed by atoms with Crippen LogP contribution >= 0.6 is 0 Å². The first-order valence-corrected chi connectivity index (χ1v) is 8.21. The lowest BCUT2D eigenvalue weighted by atomic mass is 10.1. The average molecular weight is 340 g/mol. The molecule has 0 unspecified atom stereocenters. The van der Waals surface area contributed by atoms with Crippen LogP contribution in [0.5, 0.6) is 11.6 Å². The minimum absolute atomic E-state index is 0.223. The van der Waals surface area contributed by atoms with Gasteiger partial charge in [-0.3, -0.25) is 9.97 Å². The van der Waals surface area contributed by atoms with E-state index in [-0.39, 0.29) is 11.6 Å². The molecule has 1 aromatic carbocycles. The summed E-state index contributed by atoms with van der Waals surface area (Å²) in [7, 11) is 0. The fourth-order valence-corrected chi connectivity index (χ4v) is 2.64. The monoisotopic (exact) mass is 340 g/mol. The Hall–Kier alpha value is -3.02. The van der Waals surface area contributed by atoms with Crippen molar-refractivity contribution in [3.05, 3.63) is 75.7 Å². The number of hydrogen-bond donors (Lipinski definition) is 2. The Morgan fingerprint density at radius 1 is 1.24 bits per heavy atom. The summed E-state index contributed by atoms with van der Waals surface area (Å²) in [5.41, 5.74) is 3.22. The van der Waals surface area contributed by atoms with Crippen molar-refractivity contribution >= 4 is 0 Å². The van der Waals surface area contributed by atoms with Gasteiger partial charge in [0.1, 0.15) is 5.75 Å². The van der Waals surface area contributed by atoms with Gasteiger partial charge >= 0.3 is 5.76 Å². The minimum Gasteiger partial charge on any atom is -0.493 e. The van der Waals surface area contributed by atoms with E-state index in [1.807, 2.05) is 30.3 Å². The number of aromatic nitrogens is 2. The molecule has 6 nitrogen and oxygen atoms in total. The lowest BCUT2D eigenvalue weighted by molar-refractivity contribution is 0.320. The zero-order valence-corrected chi connectivity index (χ0v) is 14.0. The van der Waals surface area contributed by atoms with Gasteiger partial charge in [-0.25, -0.2) is 4.79 Å². The molecule has 0 radical (unpaired) electrons. The maximum absolute atomic E-state index is 11.0. The highest BCUT2D eigenvalue weighted by Crippen LogP contribution is 2.19. The van der Waals surface area contributed by atoms with Gasteiger partial charge in [0.2, 0.25) is 5.88 Å². The van der Waals surface area contributed by atoms with E-state index in [2.05, 4.69) is 23.0 Å². The van der Waals surface area contributed by atoms with Gasteiger partial charge in [0, 0.05) is 24.7 Å². The summed E-state index contributed by atoms with van der Waals surface area (Å²) in [4.78, 5) is 17.6. The molecule has 0 saturated carbocycles.